The van der Waals surface area contributed by atoms with Crippen molar-refractivity contribution in [2.45, 2.75) is 335 Å². The Labute approximate surface area is 430 Å². The van der Waals surface area contributed by atoms with E-state index in [2.05, 4.69) is 62.5 Å². The summed E-state index contributed by atoms with van der Waals surface area (Å²) >= 11 is 0. The van der Waals surface area contributed by atoms with Crippen molar-refractivity contribution in [2.24, 2.45) is 0 Å². The van der Waals surface area contributed by atoms with Gasteiger partial charge in [-0.3, -0.25) is 9.59 Å². The van der Waals surface area contributed by atoms with Gasteiger partial charge in [-0.15, -0.1) is 0 Å². The van der Waals surface area contributed by atoms with Crippen molar-refractivity contribution in [3.8, 4) is 0 Å². The SMILES string of the molecule is CC/C=C\C/C=C\C/C=C\C/C=C\CCCCC(=O)OC(CO)COC(=O)CCCCCCCCCCCCCCCCCCCCCCCCCCCCCCCCCCCCCCCCCC. The molecule has 0 fully saturated rings. The minimum atomic E-state index is -0.793. The smallest absolute Gasteiger partial charge is 0.306 e. The summed E-state index contributed by atoms with van der Waals surface area (Å²) in [5.74, 6) is -0.628. The zero-order chi connectivity index (χ0) is 49.9. The van der Waals surface area contributed by atoms with Crippen LogP contribution in [0.1, 0.15) is 328 Å². The van der Waals surface area contributed by atoms with Crippen LogP contribution >= 0.6 is 0 Å². The number of carbonyl (C=O) groups excluding carboxylic acids is 2. The third-order valence-corrected chi connectivity index (χ3v) is 13.9. The molecule has 0 saturated carbocycles. The summed E-state index contributed by atoms with van der Waals surface area (Å²) in [7, 11) is 0. The highest BCUT2D eigenvalue weighted by molar-refractivity contribution is 5.70. The fourth-order valence-corrected chi connectivity index (χ4v) is 9.32. The van der Waals surface area contributed by atoms with Crippen LogP contribution in [0.3, 0.4) is 0 Å². The highest BCUT2D eigenvalue weighted by Crippen LogP contribution is 2.18. The number of ether oxygens (including phenoxy) is 2. The Hall–Kier alpha value is -2.14. The van der Waals surface area contributed by atoms with Crippen molar-refractivity contribution in [1.29, 1.82) is 0 Å². The molecule has 0 spiro atoms. The van der Waals surface area contributed by atoms with Gasteiger partial charge in [0.25, 0.3) is 0 Å². The van der Waals surface area contributed by atoms with Gasteiger partial charge in [-0.2, -0.15) is 0 Å². The lowest BCUT2D eigenvalue weighted by Crippen LogP contribution is -2.28. The second-order valence-corrected chi connectivity index (χ2v) is 20.8. The number of hydrogen-bond acceptors (Lipinski definition) is 5. The van der Waals surface area contributed by atoms with Gasteiger partial charge in [-0.25, -0.2) is 0 Å². The quantitative estimate of drug-likeness (QED) is 0.0373. The summed E-state index contributed by atoms with van der Waals surface area (Å²) in [5, 5.41) is 9.62. The van der Waals surface area contributed by atoms with E-state index in [1.54, 1.807) is 0 Å². The molecule has 0 saturated heterocycles. The number of unbranched alkanes of at least 4 members (excludes halogenated alkanes) is 41. The van der Waals surface area contributed by atoms with E-state index >= 15 is 0 Å². The van der Waals surface area contributed by atoms with E-state index in [-0.39, 0.29) is 25.2 Å². The molecule has 0 aliphatic heterocycles. The zero-order valence-corrected chi connectivity index (χ0v) is 46.3. The Bertz CT molecular complexity index is 1140. The number of hydrogen-bond donors (Lipinski definition) is 1. The predicted octanol–water partition coefficient (Wildman–Crippen LogP) is 20.8. The van der Waals surface area contributed by atoms with E-state index in [4.69, 9.17) is 9.47 Å². The molecule has 0 aromatic heterocycles. The molecule has 0 bridgehead atoms. The number of rotatable bonds is 57. The van der Waals surface area contributed by atoms with Crippen LogP contribution in [0.2, 0.25) is 0 Å². The molecule has 0 heterocycles. The lowest BCUT2D eigenvalue weighted by atomic mass is 10.0. The Morgan fingerprint density at radius 2 is 0.623 bits per heavy atom. The normalized spacial score (nSPS) is 12.4. The summed E-state index contributed by atoms with van der Waals surface area (Å²) < 4.78 is 10.7. The molecule has 0 aromatic carbocycles. The Morgan fingerprint density at radius 3 is 0.942 bits per heavy atom. The van der Waals surface area contributed by atoms with Crippen LogP contribution in [0, 0.1) is 0 Å². The fourth-order valence-electron chi connectivity index (χ4n) is 9.32. The third-order valence-electron chi connectivity index (χ3n) is 13.9. The minimum Gasteiger partial charge on any atom is -0.462 e. The van der Waals surface area contributed by atoms with Crippen molar-refractivity contribution in [3.63, 3.8) is 0 Å². The number of allylic oxidation sites excluding steroid dienone is 8. The summed E-state index contributed by atoms with van der Waals surface area (Å²) in [6.07, 6.45) is 80.1. The van der Waals surface area contributed by atoms with Crippen molar-refractivity contribution >= 4 is 11.9 Å². The first-order valence-corrected chi connectivity index (χ1v) is 30.7. The molecule has 0 rings (SSSR count). The molecule has 0 aliphatic rings. The van der Waals surface area contributed by atoms with Crippen molar-refractivity contribution in [2.75, 3.05) is 13.2 Å². The van der Waals surface area contributed by atoms with Gasteiger partial charge in [0, 0.05) is 12.8 Å². The van der Waals surface area contributed by atoms with E-state index in [0.717, 1.165) is 64.2 Å². The lowest BCUT2D eigenvalue weighted by molar-refractivity contribution is -0.161. The van der Waals surface area contributed by atoms with Crippen LogP contribution in [0.25, 0.3) is 0 Å². The molecule has 1 atom stereocenters. The van der Waals surface area contributed by atoms with Crippen molar-refractivity contribution < 1.29 is 24.2 Å². The van der Waals surface area contributed by atoms with Crippen LogP contribution in [0.5, 0.6) is 0 Å². The predicted molar refractivity (Wildman–Crippen MR) is 302 cm³/mol. The topological polar surface area (TPSA) is 72.8 Å². The summed E-state index contributed by atoms with van der Waals surface area (Å²) in [5.41, 5.74) is 0. The van der Waals surface area contributed by atoms with Crippen LogP contribution in [-0.4, -0.2) is 36.4 Å². The summed E-state index contributed by atoms with van der Waals surface area (Å²) in [4.78, 5) is 24.4. The monoisotopic (exact) mass is 967 g/mol. The second-order valence-electron chi connectivity index (χ2n) is 20.8. The van der Waals surface area contributed by atoms with Gasteiger partial charge in [0.2, 0.25) is 0 Å². The Kier molecular flexibility index (Phi) is 58.3. The van der Waals surface area contributed by atoms with Gasteiger partial charge >= 0.3 is 11.9 Å². The summed E-state index contributed by atoms with van der Waals surface area (Å²) in [6.45, 7) is 4.02. The highest BCUT2D eigenvalue weighted by Gasteiger charge is 2.16. The van der Waals surface area contributed by atoms with E-state index < -0.39 is 6.10 Å². The van der Waals surface area contributed by atoms with Crippen LogP contribution in [0.15, 0.2) is 48.6 Å². The van der Waals surface area contributed by atoms with Gasteiger partial charge in [0.1, 0.15) is 6.61 Å². The molecule has 5 heteroatoms. The molecule has 1 N–H and O–H groups in total. The zero-order valence-electron chi connectivity index (χ0n) is 46.3. The molecule has 5 nitrogen and oxygen atoms in total. The number of aliphatic hydroxyl groups is 1. The van der Waals surface area contributed by atoms with Crippen molar-refractivity contribution in [3.05, 3.63) is 48.6 Å². The van der Waals surface area contributed by atoms with Gasteiger partial charge < -0.3 is 14.6 Å². The third kappa shape index (κ3) is 58.3. The summed E-state index contributed by atoms with van der Waals surface area (Å²) in [6, 6.07) is 0. The van der Waals surface area contributed by atoms with Crippen LogP contribution in [0.4, 0.5) is 0 Å². The molecule has 0 aromatic rings. The molecule has 69 heavy (non-hydrogen) atoms. The molecule has 1 unspecified atom stereocenters. The fraction of sp³-hybridized carbons (Fsp3) is 0.844. The maximum Gasteiger partial charge on any atom is 0.306 e. The van der Waals surface area contributed by atoms with E-state index in [0.29, 0.717) is 12.8 Å². The van der Waals surface area contributed by atoms with Crippen LogP contribution < -0.4 is 0 Å². The average molecular weight is 968 g/mol. The first-order chi connectivity index (χ1) is 34.1. The van der Waals surface area contributed by atoms with E-state index in [9.17, 15) is 14.7 Å². The second kappa shape index (κ2) is 60.2. The molecule has 0 aliphatic carbocycles. The first kappa shape index (κ1) is 66.9. The lowest BCUT2D eigenvalue weighted by Gasteiger charge is -2.15. The van der Waals surface area contributed by atoms with Gasteiger partial charge in [-0.1, -0.05) is 313 Å². The van der Waals surface area contributed by atoms with Crippen molar-refractivity contribution in [1.82, 2.24) is 0 Å². The molecular weight excluding hydrogens is 849 g/mol. The molecular formula is C64H118O5. The maximum atomic E-state index is 12.2. The highest BCUT2D eigenvalue weighted by atomic mass is 16.6. The number of carbonyl (C=O) groups is 2. The molecule has 0 amide bonds. The number of esters is 2. The minimum absolute atomic E-state index is 0.0806. The number of aliphatic hydroxyl groups excluding tert-OH is 1. The first-order valence-electron chi connectivity index (χ1n) is 30.7. The van der Waals surface area contributed by atoms with Gasteiger partial charge in [0.05, 0.1) is 6.61 Å². The Balaban J connectivity index is 3.36. The molecule has 404 valence electrons. The van der Waals surface area contributed by atoms with E-state index in [1.807, 2.05) is 0 Å². The maximum absolute atomic E-state index is 12.2. The van der Waals surface area contributed by atoms with Gasteiger partial charge in [-0.05, 0) is 51.4 Å². The van der Waals surface area contributed by atoms with E-state index in [1.165, 1.54) is 238 Å². The molecule has 0 radical (unpaired) electrons. The standard InChI is InChI=1S/C64H118O5/c1-3-5-7-9-11-13-15-17-19-20-21-22-23-24-25-26-27-28-29-30-31-32-33-34-35-36-37-38-39-40-41-42-43-45-46-48-50-52-54-56-58-63(66)68-61-62(60-65)69-64(67)59-57-55-53-51-49-47-44-18-16-14-12-10-8-6-4-2/h6,8,12,14,18,44,49,51,62,65H,3-5,7,9-11,13,15-17,19-43,45-48,50,52-61H2,1-2H3/b8-6-,14-12-,44-18-,51-49-. The van der Waals surface area contributed by atoms with Gasteiger partial charge in [0.15, 0.2) is 6.10 Å². The average Bonchev–Trinajstić information content (AvgIpc) is 3.35. The Morgan fingerprint density at radius 1 is 0.348 bits per heavy atom. The van der Waals surface area contributed by atoms with Crippen LogP contribution in [-0.2, 0) is 19.1 Å². The largest absolute Gasteiger partial charge is 0.462 e.